The second-order valence-corrected chi connectivity index (χ2v) is 3.99. The lowest BCUT2D eigenvalue weighted by atomic mass is 10.3. The van der Waals surface area contributed by atoms with Crippen LogP contribution in [0.15, 0.2) is 37.8 Å². The summed E-state index contributed by atoms with van der Waals surface area (Å²) < 4.78 is 7.29. The lowest BCUT2D eigenvalue weighted by molar-refractivity contribution is 0.615. The summed E-state index contributed by atoms with van der Waals surface area (Å²) in [5.74, 6) is 0. The summed E-state index contributed by atoms with van der Waals surface area (Å²) in [6.07, 6.45) is 1.68. The van der Waals surface area contributed by atoms with E-state index in [1.165, 1.54) is 0 Å². The molecule has 0 aliphatic heterocycles. The SMILES string of the molecule is Brc1cc(Br)c2ccoc2c1. The fourth-order valence-electron chi connectivity index (χ4n) is 0.996. The van der Waals surface area contributed by atoms with Gasteiger partial charge in [0.1, 0.15) is 5.58 Å². The van der Waals surface area contributed by atoms with Crippen LogP contribution in [0.5, 0.6) is 0 Å². The van der Waals surface area contributed by atoms with E-state index >= 15 is 0 Å². The monoisotopic (exact) mass is 274 g/mol. The number of furan rings is 1. The van der Waals surface area contributed by atoms with Crippen molar-refractivity contribution in [3.63, 3.8) is 0 Å². The Labute approximate surface area is 80.6 Å². The fourth-order valence-corrected chi connectivity index (χ4v) is 2.31. The van der Waals surface area contributed by atoms with Gasteiger partial charge < -0.3 is 4.42 Å². The van der Waals surface area contributed by atoms with Gasteiger partial charge in [0.05, 0.1) is 6.26 Å². The van der Waals surface area contributed by atoms with E-state index in [0.29, 0.717) is 0 Å². The maximum Gasteiger partial charge on any atom is 0.136 e. The minimum absolute atomic E-state index is 0.895. The molecule has 0 bridgehead atoms. The van der Waals surface area contributed by atoms with Gasteiger partial charge in [-0.25, -0.2) is 0 Å². The molecule has 3 heteroatoms. The molecule has 0 atom stereocenters. The molecule has 0 radical (unpaired) electrons. The largest absolute Gasteiger partial charge is 0.464 e. The second-order valence-electron chi connectivity index (χ2n) is 2.22. The topological polar surface area (TPSA) is 13.1 Å². The quantitative estimate of drug-likeness (QED) is 0.709. The van der Waals surface area contributed by atoms with E-state index in [2.05, 4.69) is 31.9 Å². The molecular weight excluding hydrogens is 272 g/mol. The van der Waals surface area contributed by atoms with Crippen LogP contribution in [0.4, 0.5) is 0 Å². The van der Waals surface area contributed by atoms with Gasteiger partial charge in [-0.1, -0.05) is 15.9 Å². The minimum atomic E-state index is 0.895. The maximum atomic E-state index is 5.22. The van der Waals surface area contributed by atoms with Crippen LogP contribution in [0.25, 0.3) is 11.0 Å². The van der Waals surface area contributed by atoms with Crippen LogP contribution in [0.3, 0.4) is 0 Å². The van der Waals surface area contributed by atoms with E-state index in [9.17, 15) is 0 Å². The highest BCUT2D eigenvalue weighted by Crippen LogP contribution is 2.28. The Morgan fingerprint density at radius 1 is 1.18 bits per heavy atom. The molecule has 0 aliphatic rings. The molecule has 56 valence electrons. The third kappa shape index (κ3) is 1.23. The van der Waals surface area contributed by atoms with Gasteiger partial charge in [-0.2, -0.15) is 0 Å². The van der Waals surface area contributed by atoms with Crippen molar-refractivity contribution in [1.29, 1.82) is 0 Å². The number of hydrogen-bond acceptors (Lipinski definition) is 1. The smallest absolute Gasteiger partial charge is 0.136 e. The fraction of sp³-hybridized carbons (Fsp3) is 0. The molecule has 0 amide bonds. The van der Waals surface area contributed by atoms with Crippen LogP contribution >= 0.6 is 31.9 Å². The normalized spacial score (nSPS) is 10.7. The van der Waals surface area contributed by atoms with Gasteiger partial charge in [-0.15, -0.1) is 0 Å². The standard InChI is InChI=1S/C8H4Br2O/c9-5-3-7(10)6-1-2-11-8(6)4-5/h1-4H. The highest BCUT2D eigenvalue weighted by molar-refractivity contribution is 9.11. The van der Waals surface area contributed by atoms with Gasteiger partial charge in [-0.3, -0.25) is 0 Å². The molecule has 0 unspecified atom stereocenters. The number of benzene rings is 1. The van der Waals surface area contributed by atoms with Crippen LogP contribution in [-0.2, 0) is 0 Å². The van der Waals surface area contributed by atoms with Crippen molar-refractivity contribution >= 4 is 42.8 Å². The highest BCUT2D eigenvalue weighted by atomic mass is 79.9. The molecular formula is C8H4Br2O. The van der Waals surface area contributed by atoms with Crippen LogP contribution in [-0.4, -0.2) is 0 Å². The Balaban J connectivity index is 2.91. The third-order valence-corrected chi connectivity index (χ3v) is 2.60. The molecule has 2 aromatic rings. The first-order valence-corrected chi connectivity index (χ1v) is 4.68. The third-order valence-electron chi connectivity index (χ3n) is 1.49. The van der Waals surface area contributed by atoms with E-state index in [4.69, 9.17) is 4.42 Å². The molecule has 0 spiro atoms. The highest BCUT2D eigenvalue weighted by Gasteiger charge is 2.01. The summed E-state index contributed by atoms with van der Waals surface area (Å²) in [6, 6.07) is 5.88. The van der Waals surface area contributed by atoms with Gasteiger partial charge in [0.15, 0.2) is 0 Å². The summed E-state index contributed by atoms with van der Waals surface area (Å²) in [7, 11) is 0. The van der Waals surface area contributed by atoms with Crippen molar-refractivity contribution in [3.8, 4) is 0 Å². The van der Waals surface area contributed by atoms with Gasteiger partial charge >= 0.3 is 0 Å². The Kier molecular flexibility index (Phi) is 1.77. The molecule has 1 aromatic heterocycles. The zero-order valence-corrected chi connectivity index (χ0v) is 8.65. The van der Waals surface area contributed by atoms with Crippen molar-refractivity contribution in [3.05, 3.63) is 33.4 Å². The summed E-state index contributed by atoms with van der Waals surface area (Å²) in [5.41, 5.74) is 0.895. The Bertz CT molecular complexity index is 392. The van der Waals surface area contributed by atoms with E-state index in [-0.39, 0.29) is 0 Å². The van der Waals surface area contributed by atoms with Crippen LogP contribution in [0, 0.1) is 0 Å². The van der Waals surface area contributed by atoms with E-state index in [1.807, 2.05) is 18.2 Å². The molecule has 0 N–H and O–H groups in total. The average Bonchev–Trinajstić information content (AvgIpc) is 2.34. The molecule has 1 aromatic carbocycles. The first-order chi connectivity index (χ1) is 5.27. The minimum Gasteiger partial charge on any atom is -0.464 e. The van der Waals surface area contributed by atoms with Gasteiger partial charge in [0.2, 0.25) is 0 Å². The van der Waals surface area contributed by atoms with E-state index in [1.54, 1.807) is 6.26 Å². The zero-order chi connectivity index (χ0) is 7.84. The lowest BCUT2D eigenvalue weighted by Gasteiger charge is -1.93. The molecule has 0 saturated carbocycles. The van der Waals surface area contributed by atoms with Gasteiger partial charge in [0.25, 0.3) is 0 Å². The lowest BCUT2D eigenvalue weighted by Crippen LogP contribution is -1.68. The molecule has 0 saturated heterocycles. The van der Waals surface area contributed by atoms with E-state index < -0.39 is 0 Å². The number of halogens is 2. The summed E-state index contributed by atoms with van der Waals surface area (Å²) >= 11 is 6.81. The van der Waals surface area contributed by atoms with Crippen molar-refractivity contribution in [2.75, 3.05) is 0 Å². The van der Waals surface area contributed by atoms with Crippen LogP contribution < -0.4 is 0 Å². The van der Waals surface area contributed by atoms with Crippen LogP contribution in [0.1, 0.15) is 0 Å². The molecule has 11 heavy (non-hydrogen) atoms. The Morgan fingerprint density at radius 2 is 2.00 bits per heavy atom. The summed E-state index contributed by atoms with van der Waals surface area (Å²) in [4.78, 5) is 0. The number of hydrogen-bond donors (Lipinski definition) is 0. The van der Waals surface area contributed by atoms with Gasteiger partial charge in [-0.05, 0) is 34.1 Å². The average molecular weight is 276 g/mol. The molecule has 2 rings (SSSR count). The summed E-state index contributed by atoms with van der Waals surface area (Å²) in [6.45, 7) is 0. The number of rotatable bonds is 0. The number of fused-ring (bicyclic) bond motifs is 1. The second kappa shape index (κ2) is 2.64. The van der Waals surface area contributed by atoms with Crippen molar-refractivity contribution in [2.24, 2.45) is 0 Å². The van der Waals surface area contributed by atoms with Gasteiger partial charge in [0, 0.05) is 14.3 Å². The summed E-state index contributed by atoms with van der Waals surface area (Å²) in [5, 5.41) is 1.10. The maximum absolute atomic E-state index is 5.22. The predicted molar refractivity (Wildman–Crippen MR) is 51.6 cm³/mol. The first kappa shape index (κ1) is 7.37. The van der Waals surface area contributed by atoms with Crippen molar-refractivity contribution in [2.45, 2.75) is 0 Å². The van der Waals surface area contributed by atoms with Crippen molar-refractivity contribution in [1.82, 2.24) is 0 Å². The Morgan fingerprint density at radius 3 is 2.82 bits per heavy atom. The Hall–Kier alpha value is -0.280. The molecule has 0 aliphatic carbocycles. The van der Waals surface area contributed by atoms with E-state index in [0.717, 1.165) is 19.9 Å². The molecule has 1 heterocycles. The predicted octanol–water partition coefficient (Wildman–Crippen LogP) is 3.96. The molecule has 0 fully saturated rings. The first-order valence-electron chi connectivity index (χ1n) is 3.09. The van der Waals surface area contributed by atoms with Crippen molar-refractivity contribution < 1.29 is 4.42 Å². The molecule has 1 nitrogen and oxygen atoms in total. The zero-order valence-electron chi connectivity index (χ0n) is 5.47. The van der Waals surface area contributed by atoms with Crippen LogP contribution in [0.2, 0.25) is 0 Å².